The first-order valence-electron chi connectivity index (χ1n) is 8.50. The number of aromatic nitrogens is 4. The molecule has 0 radical (unpaired) electrons. The van der Waals surface area contributed by atoms with Crippen molar-refractivity contribution in [3.8, 4) is 0 Å². The first-order chi connectivity index (χ1) is 12.2. The van der Waals surface area contributed by atoms with Crippen LogP contribution in [0.25, 0.3) is 5.65 Å². The van der Waals surface area contributed by atoms with Gasteiger partial charge < -0.3 is 4.90 Å². The van der Waals surface area contributed by atoms with Gasteiger partial charge in [0, 0.05) is 13.1 Å². The molecular formula is C18H19F2N5. The van der Waals surface area contributed by atoms with E-state index in [0.29, 0.717) is 17.4 Å². The zero-order chi connectivity index (χ0) is 17.2. The second-order valence-corrected chi connectivity index (χ2v) is 6.44. The molecule has 3 aromatic rings. The molecule has 1 aliphatic rings. The molecule has 0 aliphatic carbocycles. The number of rotatable bonds is 4. The van der Waals surface area contributed by atoms with Crippen LogP contribution in [0, 0.1) is 5.92 Å². The number of alkyl halides is 2. The summed E-state index contributed by atoms with van der Waals surface area (Å²) in [6.07, 6.45) is 0.536. The summed E-state index contributed by atoms with van der Waals surface area (Å²) in [5.74, 6) is 0.942. The van der Waals surface area contributed by atoms with Gasteiger partial charge in [-0.2, -0.15) is 4.52 Å². The van der Waals surface area contributed by atoms with E-state index < -0.39 is 12.2 Å². The molecule has 4 rings (SSSR count). The minimum absolute atomic E-state index is 0.345. The van der Waals surface area contributed by atoms with E-state index in [4.69, 9.17) is 0 Å². The Kier molecular flexibility index (Phi) is 4.29. The van der Waals surface area contributed by atoms with Crippen LogP contribution >= 0.6 is 0 Å². The summed E-state index contributed by atoms with van der Waals surface area (Å²) in [4.78, 5) is 2.15. The molecule has 1 fully saturated rings. The van der Waals surface area contributed by atoms with E-state index in [1.807, 2.05) is 12.1 Å². The molecule has 0 saturated carbocycles. The highest BCUT2D eigenvalue weighted by atomic mass is 19.3. The quantitative estimate of drug-likeness (QED) is 0.727. The van der Waals surface area contributed by atoms with Crippen molar-refractivity contribution in [3.05, 3.63) is 53.9 Å². The van der Waals surface area contributed by atoms with Gasteiger partial charge in [-0.15, -0.1) is 15.3 Å². The van der Waals surface area contributed by atoms with E-state index in [0.717, 1.165) is 36.9 Å². The van der Waals surface area contributed by atoms with Gasteiger partial charge in [-0.3, -0.25) is 0 Å². The molecule has 0 atom stereocenters. The average molecular weight is 343 g/mol. The van der Waals surface area contributed by atoms with Gasteiger partial charge in [0.1, 0.15) is 5.82 Å². The molecule has 1 aromatic carbocycles. The van der Waals surface area contributed by atoms with Crippen LogP contribution in [0.2, 0.25) is 0 Å². The predicted molar refractivity (Wildman–Crippen MR) is 90.8 cm³/mol. The summed E-state index contributed by atoms with van der Waals surface area (Å²) in [5, 5.41) is 11.6. The predicted octanol–water partition coefficient (Wildman–Crippen LogP) is 3.52. The van der Waals surface area contributed by atoms with Gasteiger partial charge >= 0.3 is 0 Å². The van der Waals surface area contributed by atoms with Gasteiger partial charge in [0.05, 0.1) is 0 Å². The summed E-state index contributed by atoms with van der Waals surface area (Å²) in [7, 11) is 0. The molecule has 3 heterocycles. The van der Waals surface area contributed by atoms with E-state index in [-0.39, 0.29) is 0 Å². The number of nitrogens with zero attached hydrogens (tertiary/aromatic N) is 5. The highest BCUT2D eigenvalue weighted by Gasteiger charge is 2.22. The lowest BCUT2D eigenvalue weighted by Gasteiger charge is -2.32. The third-order valence-electron chi connectivity index (χ3n) is 4.77. The molecule has 130 valence electrons. The van der Waals surface area contributed by atoms with Crippen molar-refractivity contribution >= 4 is 11.5 Å². The van der Waals surface area contributed by atoms with Crippen molar-refractivity contribution in [1.82, 2.24) is 19.8 Å². The van der Waals surface area contributed by atoms with Crippen LogP contribution < -0.4 is 4.90 Å². The number of hydrogen-bond acceptors (Lipinski definition) is 4. The number of anilines is 1. The van der Waals surface area contributed by atoms with Crippen LogP contribution in [-0.2, 0) is 6.42 Å². The van der Waals surface area contributed by atoms with Crippen LogP contribution in [0.1, 0.15) is 30.7 Å². The monoisotopic (exact) mass is 343 g/mol. The van der Waals surface area contributed by atoms with Gasteiger partial charge in [0.2, 0.25) is 5.82 Å². The van der Waals surface area contributed by atoms with Gasteiger partial charge in [-0.05, 0) is 42.9 Å². The summed E-state index contributed by atoms with van der Waals surface area (Å²) in [6.45, 7) is 1.75. The molecular weight excluding hydrogens is 324 g/mol. The molecule has 0 amide bonds. The van der Waals surface area contributed by atoms with Crippen molar-refractivity contribution in [2.75, 3.05) is 18.0 Å². The van der Waals surface area contributed by atoms with Crippen LogP contribution in [0.5, 0.6) is 0 Å². The summed E-state index contributed by atoms with van der Waals surface area (Å²) >= 11 is 0. The lowest BCUT2D eigenvalue weighted by Crippen LogP contribution is -2.35. The van der Waals surface area contributed by atoms with Gasteiger partial charge in [0.15, 0.2) is 5.65 Å². The van der Waals surface area contributed by atoms with Crippen LogP contribution in [0.15, 0.2) is 42.5 Å². The molecule has 2 aromatic heterocycles. The number of piperidine rings is 1. The Morgan fingerprint density at radius 3 is 2.48 bits per heavy atom. The Hall–Kier alpha value is -2.57. The van der Waals surface area contributed by atoms with E-state index in [9.17, 15) is 8.78 Å². The zero-order valence-corrected chi connectivity index (χ0v) is 13.7. The SMILES string of the molecule is FC(F)c1nnc2ccc(N3CCC(Cc4ccccc4)CC3)nn12. The average Bonchev–Trinajstić information content (AvgIpc) is 3.07. The molecule has 1 saturated heterocycles. The van der Waals surface area contributed by atoms with Crippen molar-refractivity contribution in [2.24, 2.45) is 5.92 Å². The maximum Gasteiger partial charge on any atom is 0.299 e. The number of benzene rings is 1. The first kappa shape index (κ1) is 15.9. The Labute approximate surface area is 144 Å². The fourth-order valence-corrected chi connectivity index (χ4v) is 3.41. The molecule has 0 unspecified atom stereocenters. The van der Waals surface area contributed by atoms with Crippen molar-refractivity contribution in [1.29, 1.82) is 0 Å². The van der Waals surface area contributed by atoms with Crippen molar-refractivity contribution in [2.45, 2.75) is 25.7 Å². The smallest absolute Gasteiger partial charge is 0.299 e. The normalized spacial score (nSPS) is 16.0. The largest absolute Gasteiger partial charge is 0.355 e. The summed E-state index contributed by atoms with van der Waals surface area (Å²) in [5.41, 5.74) is 1.71. The molecule has 1 aliphatic heterocycles. The Bertz CT molecular complexity index is 841. The maximum absolute atomic E-state index is 13.0. The number of halogens is 2. The number of fused-ring (bicyclic) bond motifs is 1. The standard InChI is InChI=1S/C18H19F2N5/c19-17(20)18-22-21-15-6-7-16(23-25(15)18)24-10-8-14(9-11-24)12-13-4-2-1-3-5-13/h1-7,14,17H,8-12H2. The minimum Gasteiger partial charge on any atom is -0.355 e. The molecule has 5 nitrogen and oxygen atoms in total. The topological polar surface area (TPSA) is 46.3 Å². The first-order valence-corrected chi connectivity index (χ1v) is 8.50. The Morgan fingerprint density at radius 2 is 1.76 bits per heavy atom. The highest BCUT2D eigenvalue weighted by molar-refractivity contribution is 5.46. The molecule has 0 bridgehead atoms. The Morgan fingerprint density at radius 1 is 1.00 bits per heavy atom. The van der Waals surface area contributed by atoms with E-state index >= 15 is 0 Å². The van der Waals surface area contributed by atoms with Crippen LogP contribution in [0.3, 0.4) is 0 Å². The third-order valence-corrected chi connectivity index (χ3v) is 4.77. The molecule has 25 heavy (non-hydrogen) atoms. The second kappa shape index (κ2) is 6.74. The van der Waals surface area contributed by atoms with Gasteiger partial charge in [-0.1, -0.05) is 30.3 Å². The van der Waals surface area contributed by atoms with Gasteiger partial charge in [0.25, 0.3) is 6.43 Å². The number of hydrogen-bond donors (Lipinski definition) is 0. The lowest BCUT2D eigenvalue weighted by molar-refractivity contribution is 0.137. The zero-order valence-electron chi connectivity index (χ0n) is 13.7. The highest BCUT2D eigenvalue weighted by Crippen LogP contribution is 2.25. The second-order valence-electron chi connectivity index (χ2n) is 6.44. The Balaban J connectivity index is 1.45. The van der Waals surface area contributed by atoms with Crippen molar-refractivity contribution in [3.63, 3.8) is 0 Å². The third kappa shape index (κ3) is 3.31. The summed E-state index contributed by atoms with van der Waals surface area (Å²) < 4.78 is 27.1. The van der Waals surface area contributed by atoms with Crippen LogP contribution in [-0.4, -0.2) is 32.9 Å². The van der Waals surface area contributed by atoms with Crippen LogP contribution in [0.4, 0.5) is 14.6 Å². The molecule has 7 heteroatoms. The van der Waals surface area contributed by atoms with Gasteiger partial charge in [-0.25, -0.2) is 8.78 Å². The maximum atomic E-state index is 13.0. The minimum atomic E-state index is -2.69. The molecule has 0 spiro atoms. The molecule has 0 N–H and O–H groups in total. The van der Waals surface area contributed by atoms with E-state index in [1.165, 1.54) is 5.56 Å². The fraction of sp³-hybridized carbons (Fsp3) is 0.389. The van der Waals surface area contributed by atoms with E-state index in [1.54, 1.807) is 6.07 Å². The lowest BCUT2D eigenvalue weighted by atomic mass is 9.90. The summed E-state index contributed by atoms with van der Waals surface area (Å²) in [6, 6.07) is 14.0. The fourth-order valence-electron chi connectivity index (χ4n) is 3.41. The van der Waals surface area contributed by atoms with E-state index in [2.05, 4.69) is 44.5 Å². The van der Waals surface area contributed by atoms with Crippen molar-refractivity contribution < 1.29 is 8.78 Å².